The number of hydrogen-bond donors (Lipinski definition) is 0. The third kappa shape index (κ3) is 2.93. The number of aryl methyl sites for hydroxylation is 1. The van der Waals surface area contributed by atoms with Crippen molar-refractivity contribution >= 4 is 15.9 Å². The van der Waals surface area contributed by atoms with E-state index in [0.29, 0.717) is 9.79 Å². The average molecular weight is 272 g/mol. The van der Waals surface area contributed by atoms with Gasteiger partial charge < -0.3 is 0 Å². The van der Waals surface area contributed by atoms with Crippen LogP contribution in [0.5, 0.6) is 0 Å². The molecule has 0 N–H and O–H groups in total. The molecule has 0 radical (unpaired) electrons. The molecule has 0 saturated heterocycles. The van der Waals surface area contributed by atoms with Crippen LogP contribution in [0.3, 0.4) is 0 Å². The predicted octanol–water partition coefficient (Wildman–Crippen LogP) is 3.86. The van der Waals surface area contributed by atoms with E-state index in [1.54, 1.807) is 48.5 Å². The Balaban J connectivity index is 2.41. The topological polar surface area (TPSA) is 34.1 Å². The van der Waals surface area contributed by atoms with Crippen LogP contribution in [0.15, 0.2) is 64.4 Å². The standard InChI is InChI=1S/C16H16O2S/c1-3-4-14-7-11-16(12-8-14)19(17,18)15-9-5-13(2)6-10-15/h3-12H,1-2H3. The minimum atomic E-state index is -3.41. The summed E-state index contributed by atoms with van der Waals surface area (Å²) in [5.74, 6) is 0. The monoisotopic (exact) mass is 272 g/mol. The molecule has 0 unspecified atom stereocenters. The van der Waals surface area contributed by atoms with Crippen molar-refractivity contribution in [2.24, 2.45) is 0 Å². The Labute approximate surface area is 114 Å². The Morgan fingerprint density at radius 3 is 1.79 bits per heavy atom. The van der Waals surface area contributed by atoms with Crippen LogP contribution in [0.4, 0.5) is 0 Å². The zero-order chi connectivity index (χ0) is 13.9. The van der Waals surface area contributed by atoms with Gasteiger partial charge in [0.05, 0.1) is 9.79 Å². The first-order chi connectivity index (χ1) is 9.04. The van der Waals surface area contributed by atoms with Crippen molar-refractivity contribution in [3.05, 3.63) is 65.7 Å². The predicted molar refractivity (Wildman–Crippen MR) is 77.8 cm³/mol. The molecule has 98 valence electrons. The fraction of sp³-hybridized carbons (Fsp3) is 0.125. The van der Waals surface area contributed by atoms with Gasteiger partial charge in [-0.3, -0.25) is 0 Å². The average Bonchev–Trinajstić information content (AvgIpc) is 2.40. The normalized spacial score (nSPS) is 11.9. The molecular formula is C16H16O2S. The Bertz CT molecular complexity index is 679. The smallest absolute Gasteiger partial charge is 0.206 e. The van der Waals surface area contributed by atoms with Crippen molar-refractivity contribution in [3.8, 4) is 0 Å². The Morgan fingerprint density at radius 1 is 0.842 bits per heavy atom. The van der Waals surface area contributed by atoms with E-state index in [9.17, 15) is 8.42 Å². The minimum Gasteiger partial charge on any atom is -0.219 e. The van der Waals surface area contributed by atoms with E-state index in [4.69, 9.17) is 0 Å². The van der Waals surface area contributed by atoms with Crippen molar-refractivity contribution in [2.75, 3.05) is 0 Å². The van der Waals surface area contributed by atoms with E-state index >= 15 is 0 Å². The third-order valence-corrected chi connectivity index (χ3v) is 4.67. The quantitative estimate of drug-likeness (QED) is 0.850. The summed E-state index contributed by atoms with van der Waals surface area (Å²) in [6.45, 7) is 3.86. The van der Waals surface area contributed by atoms with E-state index in [1.165, 1.54) is 0 Å². The van der Waals surface area contributed by atoms with E-state index in [-0.39, 0.29) is 0 Å². The van der Waals surface area contributed by atoms with Crippen molar-refractivity contribution < 1.29 is 8.42 Å². The van der Waals surface area contributed by atoms with Gasteiger partial charge in [-0.1, -0.05) is 42.0 Å². The van der Waals surface area contributed by atoms with Gasteiger partial charge in [0, 0.05) is 0 Å². The molecule has 0 spiro atoms. The molecule has 19 heavy (non-hydrogen) atoms. The number of sulfone groups is 1. The van der Waals surface area contributed by atoms with Gasteiger partial charge in [0.1, 0.15) is 0 Å². The van der Waals surface area contributed by atoms with Crippen molar-refractivity contribution in [1.29, 1.82) is 0 Å². The molecular weight excluding hydrogens is 256 g/mol. The van der Waals surface area contributed by atoms with Crippen LogP contribution in [0.2, 0.25) is 0 Å². The van der Waals surface area contributed by atoms with E-state index in [2.05, 4.69) is 0 Å². The number of hydrogen-bond acceptors (Lipinski definition) is 2. The van der Waals surface area contributed by atoms with Crippen LogP contribution in [-0.2, 0) is 9.84 Å². The van der Waals surface area contributed by atoms with Gasteiger partial charge in [0.2, 0.25) is 9.84 Å². The summed E-state index contributed by atoms with van der Waals surface area (Å²) in [6, 6.07) is 13.8. The molecule has 0 aliphatic heterocycles. The van der Waals surface area contributed by atoms with Crippen LogP contribution >= 0.6 is 0 Å². The van der Waals surface area contributed by atoms with Crippen molar-refractivity contribution in [2.45, 2.75) is 23.6 Å². The summed E-state index contributed by atoms with van der Waals surface area (Å²) in [7, 11) is -3.41. The fourth-order valence-corrected chi connectivity index (χ4v) is 3.06. The molecule has 2 nitrogen and oxygen atoms in total. The number of allylic oxidation sites excluding steroid dienone is 1. The van der Waals surface area contributed by atoms with E-state index < -0.39 is 9.84 Å². The summed E-state index contributed by atoms with van der Waals surface area (Å²) in [6.07, 6.45) is 3.85. The van der Waals surface area contributed by atoms with Crippen LogP contribution in [0, 0.1) is 6.92 Å². The van der Waals surface area contributed by atoms with Gasteiger partial charge in [0.25, 0.3) is 0 Å². The van der Waals surface area contributed by atoms with Crippen molar-refractivity contribution in [1.82, 2.24) is 0 Å². The van der Waals surface area contributed by atoms with Gasteiger partial charge in [-0.15, -0.1) is 0 Å². The third-order valence-electron chi connectivity index (χ3n) is 2.88. The molecule has 0 amide bonds. The fourth-order valence-electron chi connectivity index (χ4n) is 1.80. The maximum absolute atomic E-state index is 12.4. The van der Waals surface area contributed by atoms with Gasteiger partial charge in [-0.05, 0) is 43.7 Å². The zero-order valence-corrected chi connectivity index (χ0v) is 11.8. The van der Waals surface area contributed by atoms with Crippen LogP contribution in [0.25, 0.3) is 6.08 Å². The SMILES string of the molecule is CC=Cc1ccc(S(=O)(=O)c2ccc(C)cc2)cc1. The van der Waals surface area contributed by atoms with Gasteiger partial charge in [-0.25, -0.2) is 8.42 Å². The molecule has 0 atom stereocenters. The van der Waals surface area contributed by atoms with Gasteiger partial charge >= 0.3 is 0 Å². The highest BCUT2D eigenvalue weighted by Crippen LogP contribution is 2.21. The second-order valence-corrected chi connectivity index (χ2v) is 6.34. The molecule has 3 heteroatoms. The van der Waals surface area contributed by atoms with Gasteiger partial charge in [0.15, 0.2) is 0 Å². The molecule has 2 rings (SSSR count). The Hall–Kier alpha value is -1.87. The zero-order valence-electron chi connectivity index (χ0n) is 11.0. The first-order valence-electron chi connectivity index (χ1n) is 6.08. The van der Waals surface area contributed by atoms with Crippen LogP contribution in [0.1, 0.15) is 18.1 Å². The summed E-state index contributed by atoms with van der Waals surface area (Å²) in [5.41, 5.74) is 2.03. The molecule has 0 aliphatic carbocycles. The largest absolute Gasteiger partial charge is 0.219 e. The molecule has 0 aromatic heterocycles. The van der Waals surface area contributed by atoms with Crippen molar-refractivity contribution in [3.63, 3.8) is 0 Å². The lowest BCUT2D eigenvalue weighted by Crippen LogP contribution is -2.01. The molecule has 0 fully saturated rings. The first kappa shape index (κ1) is 13.6. The Morgan fingerprint density at radius 2 is 1.32 bits per heavy atom. The molecule has 0 saturated carbocycles. The number of benzene rings is 2. The highest BCUT2D eigenvalue weighted by molar-refractivity contribution is 7.91. The summed E-state index contributed by atoms with van der Waals surface area (Å²) in [5, 5.41) is 0. The maximum Gasteiger partial charge on any atom is 0.206 e. The molecule has 2 aromatic carbocycles. The first-order valence-corrected chi connectivity index (χ1v) is 7.57. The van der Waals surface area contributed by atoms with E-state index in [1.807, 2.05) is 26.0 Å². The Kier molecular flexibility index (Phi) is 3.86. The van der Waals surface area contributed by atoms with Gasteiger partial charge in [-0.2, -0.15) is 0 Å². The number of rotatable bonds is 3. The van der Waals surface area contributed by atoms with E-state index in [0.717, 1.165) is 11.1 Å². The summed E-state index contributed by atoms with van der Waals surface area (Å²) >= 11 is 0. The maximum atomic E-state index is 12.4. The highest BCUT2D eigenvalue weighted by Gasteiger charge is 2.16. The second-order valence-electron chi connectivity index (χ2n) is 4.39. The lowest BCUT2D eigenvalue weighted by molar-refractivity contribution is 0.596. The summed E-state index contributed by atoms with van der Waals surface area (Å²) < 4.78 is 24.8. The second kappa shape index (κ2) is 5.41. The lowest BCUT2D eigenvalue weighted by Gasteiger charge is -2.05. The minimum absolute atomic E-state index is 0.324. The lowest BCUT2D eigenvalue weighted by atomic mass is 10.2. The molecule has 0 heterocycles. The molecule has 2 aromatic rings. The highest BCUT2D eigenvalue weighted by atomic mass is 32.2. The van der Waals surface area contributed by atoms with Crippen LogP contribution in [-0.4, -0.2) is 8.42 Å². The molecule has 0 aliphatic rings. The van der Waals surface area contributed by atoms with Crippen LogP contribution < -0.4 is 0 Å². The summed E-state index contributed by atoms with van der Waals surface area (Å²) in [4.78, 5) is 0.654. The molecule has 0 bridgehead atoms.